The van der Waals surface area contributed by atoms with Crippen molar-refractivity contribution in [3.63, 3.8) is 0 Å². The van der Waals surface area contributed by atoms with Crippen LogP contribution in [0.3, 0.4) is 0 Å². The average Bonchev–Trinajstić information content (AvgIpc) is 2.83. The Morgan fingerprint density at radius 1 is 1.20 bits per heavy atom. The van der Waals surface area contributed by atoms with Gasteiger partial charge in [-0.15, -0.1) is 0 Å². The number of rotatable bonds is 3. The molecule has 1 aromatic carbocycles. The molecule has 76 valence electrons. The van der Waals surface area contributed by atoms with Gasteiger partial charge in [-0.05, 0) is 24.3 Å². The third kappa shape index (κ3) is 4.61. The minimum Gasteiger partial charge on any atom is -0.449 e. The first-order valence-corrected chi connectivity index (χ1v) is 4.84. The molecule has 5 heteroatoms. The van der Waals surface area contributed by atoms with Gasteiger partial charge in [0.1, 0.15) is 0 Å². The van der Waals surface area contributed by atoms with Crippen molar-refractivity contribution >= 4 is 6.98 Å². The maximum absolute atomic E-state index is 12.2. The molecule has 2 rings (SSSR count). The molecule has 0 N–H and O–H groups in total. The standard InChI is InChI=1S/C10H11BF3.K/c12-11(13,14)7-8-2-1-3-10(6-8)9-4-5-9;/h1-3,6,9H,4-5,7H2;/q-1;+1. The third-order valence-electron chi connectivity index (χ3n) is 2.47. The maximum Gasteiger partial charge on any atom is 1.00 e. The molecule has 0 atom stereocenters. The van der Waals surface area contributed by atoms with Crippen LogP contribution in [0.1, 0.15) is 29.9 Å². The van der Waals surface area contributed by atoms with Gasteiger partial charge < -0.3 is 12.9 Å². The fourth-order valence-corrected chi connectivity index (χ4v) is 1.66. The van der Waals surface area contributed by atoms with Crippen molar-refractivity contribution in [2.45, 2.75) is 25.1 Å². The molecule has 0 nitrogen and oxygen atoms in total. The molecular weight excluding hydrogens is 227 g/mol. The summed E-state index contributed by atoms with van der Waals surface area (Å²) in [5.74, 6) is 0.524. The Hall–Kier alpha value is 0.711. The van der Waals surface area contributed by atoms with Gasteiger partial charge in [0.2, 0.25) is 0 Å². The second-order valence-corrected chi connectivity index (χ2v) is 3.93. The molecule has 0 unspecified atom stereocenters. The van der Waals surface area contributed by atoms with Crippen molar-refractivity contribution in [3.8, 4) is 0 Å². The molecule has 15 heavy (non-hydrogen) atoms. The Labute approximate surface area is 130 Å². The topological polar surface area (TPSA) is 0 Å². The van der Waals surface area contributed by atoms with Crippen molar-refractivity contribution in [2.24, 2.45) is 0 Å². The van der Waals surface area contributed by atoms with E-state index >= 15 is 0 Å². The van der Waals surface area contributed by atoms with Gasteiger partial charge >= 0.3 is 58.4 Å². The quantitative estimate of drug-likeness (QED) is 0.672. The van der Waals surface area contributed by atoms with Crippen LogP contribution in [0.5, 0.6) is 0 Å². The summed E-state index contributed by atoms with van der Waals surface area (Å²) >= 11 is 0. The fraction of sp³-hybridized carbons (Fsp3) is 0.400. The van der Waals surface area contributed by atoms with E-state index in [1.165, 1.54) is 0 Å². The Morgan fingerprint density at radius 3 is 2.40 bits per heavy atom. The number of halogens is 3. The zero-order valence-corrected chi connectivity index (χ0v) is 11.8. The molecule has 0 bridgehead atoms. The summed E-state index contributed by atoms with van der Waals surface area (Å²) in [6.07, 6.45) is 1.50. The van der Waals surface area contributed by atoms with Gasteiger partial charge in [-0.3, -0.25) is 0 Å². The summed E-state index contributed by atoms with van der Waals surface area (Å²) in [5, 5.41) is 0. The van der Waals surface area contributed by atoms with Crippen LogP contribution in [0.25, 0.3) is 0 Å². The van der Waals surface area contributed by atoms with Crippen LogP contribution in [-0.4, -0.2) is 6.98 Å². The van der Waals surface area contributed by atoms with Crippen molar-refractivity contribution in [1.82, 2.24) is 0 Å². The van der Waals surface area contributed by atoms with Crippen LogP contribution >= 0.6 is 0 Å². The van der Waals surface area contributed by atoms with Crippen molar-refractivity contribution < 1.29 is 64.3 Å². The Morgan fingerprint density at radius 2 is 1.87 bits per heavy atom. The van der Waals surface area contributed by atoms with Gasteiger partial charge in [-0.1, -0.05) is 36.1 Å². The smallest absolute Gasteiger partial charge is 0.449 e. The predicted octanol–water partition coefficient (Wildman–Crippen LogP) is 0.497. The number of hydrogen-bond acceptors (Lipinski definition) is 0. The van der Waals surface area contributed by atoms with Crippen LogP contribution in [-0.2, 0) is 6.32 Å². The maximum atomic E-state index is 12.2. The summed E-state index contributed by atoms with van der Waals surface area (Å²) in [6, 6.07) is 6.91. The zero-order chi connectivity index (χ0) is 10.2. The molecule has 0 aliphatic heterocycles. The van der Waals surface area contributed by atoms with Crippen LogP contribution in [0, 0.1) is 0 Å². The fourth-order valence-electron chi connectivity index (χ4n) is 1.66. The van der Waals surface area contributed by atoms with Gasteiger partial charge in [0.15, 0.2) is 0 Å². The Balaban J connectivity index is 0.00000112. The van der Waals surface area contributed by atoms with Crippen LogP contribution in [0.15, 0.2) is 24.3 Å². The minimum absolute atomic E-state index is 0. The first kappa shape index (κ1) is 13.8. The van der Waals surface area contributed by atoms with E-state index in [9.17, 15) is 12.9 Å². The van der Waals surface area contributed by atoms with E-state index in [-0.39, 0.29) is 51.4 Å². The molecule has 1 saturated carbocycles. The van der Waals surface area contributed by atoms with Crippen LogP contribution in [0.4, 0.5) is 12.9 Å². The molecule has 0 aromatic heterocycles. The molecule has 0 spiro atoms. The van der Waals surface area contributed by atoms with Crippen molar-refractivity contribution in [3.05, 3.63) is 35.4 Å². The average molecular weight is 238 g/mol. The summed E-state index contributed by atoms with van der Waals surface area (Å²) in [5.41, 5.74) is 1.48. The van der Waals surface area contributed by atoms with E-state index < -0.39 is 13.3 Å². The molecule has 0 saturated heterocycles. The Bertz CT molecular complexity index is 334. The molecule has 1 aliphatic carbocycles. The second-order valence-electron chi connectivity index (χ2n) is 3.93. The molecular formula is C10H11BF3K. The largest absolute Gasteiger partial charge is 1.00 e. The molecule has 1 fully saturated rings. The SMILES string of the molecule is F[B-](F)(F)Cc1cccc(C2CC2)c1.[K+]. The first-order valence-electron chi connectivity index (χ1n) is 4.84. The van der Waals surface area contributed by atoms with E-state index in [2.05, 4.69) is 0 Å². The summed E-state index contributed by atoms with van der Waals surface area (Å²) in [7, 11) is 0. The second kappa shape index (κ2) is 5.36. The third-order valence-corrected chi connectivity index (χ3v) is 2.47. The van der Waals surface area contributed by atoms with Gasteiger partial charge in [0.25, 0.3) is 0 Å². The Kier molecular flexibility index (Phi) is 4.92. The molecule has 1 aromatic rings. The number of benzene rings is 1. The first-order chi connectivity index (χ1) is 6.54. The van der Waals surface area contributed by atoms with Gasteiger partial charge in [0, 0.05) is 0 Å². The minimum atomic E-state index is -4.70. The van der Waals surface area contributed by atoms with E-state index in [0.717, 1.165) is 18.4 Å². The molecule has 0 heterocycles. The predicted molar refractivity (Wildman–Crippen MR) is 51.2 cm³/mol. The molecule has 0 radical (unpaired) electrons. The van der Waals surface area contributed by atoms with Crippen molar-refractivity contribution in [1.29, 1.82) is 0 Å². The van der Waals surface area contributed by atoms with E-state index in [4.69, 9.17) is 0 Å². The van der Waals surface area contributed by atoms with E-state index in [0.29, 0.717) is 11.5 Å². The summed E-state index contributed by atoms with van der Waals surface area (Å²) in [6.45, 7) is -4.70. The zero-order valence-electron chi connectivity index (χ0n) is 8.72. The van der Waals surface area contributed by atoms with Crippen LogP contribution < -0.4 is 51.4 Å². The van der Waals surface area contributed by atoms with Gasteiger partial charge in [-0.25, -0.2) is 0 Å². The monoisotopic (exact) mass is 238 g/mol. The molecule has 0 amide bonds. The van der Waals surface area contributed by atoms with Crippen molar-refractivity contribution in [2.75, 3.05) is 0 Å². The number of hydrogen-bond donors (Lipinski definition) is 0. The van der Waals surface area contributed by atoms with Crippen LogP contribution in [0.2, 0.25) is 0 Å². The van der Waals surface area contributed by atoms with E-state index in [1.54, 1.807) is 18.2 Å². The van der Waals surface area contributed by atoms with Gasteiger partial charge in [-0.2, -0.15) is 0 Å². The molecule has 1 aliphatic rings. The van der Waals surface area contributed by atoms with E-state index in [1.807, 2.05) is 6.07 Å². The summed E-state index contributed by atoms with van der Waals surface area (Å²) < 4.78 is 36.5. The summed E-state index contributed by atoms with van der Waals surface area (Å²) in [4.78, 5) is 0. The normalized spacial score (nSPS) is 15.9. The van der Waals surface area contributed by atoms with Gasteiger partial charge in [0.05, 0.1) is 0 Å².